The lowest BCUT2D eigenvalue weighted by Crippen LogP contribution is -2.34. The number of hydrogen-bond acceptors (Lipinski definition) is 3. The normalized spacial score (nSPS) is 10.4. The number of anilines is 1. The molecule has 0 saturated carbocycles. The van der Waals surface area contributed by atoms with Gasteiger partial charge in [-0.05, 0) is 42.5 Å². The molecule has 0 atom stereocenters. The Balaban J connectivity index is 1.79. The number of halogens is 4. The lowest BCUT2D eigenvalue weighted by Gasteiger charge is -2.13. The molecule has 5 nitrogen and oxygen atoms in total. The van der Waals surface area contributed by atoms with Crippen molar-refractivity contribution >= 4 is 64.0 Å². The predicted octanol–water partition coefficient (Wildman–Crippen LogP) is 6.94. The van der Waals surface area contributed by atoms with Crippen LogP contribution >= 0.6 is 46.4 Å². The number of amides is 3. The lowest BCUT2D eigenvalue weighted by atomic mass is 10.0. The van der Waals surface area contributed by atoms with E-state index >= 15 is 0 Å². The fourth-order valence-corrected chi connectivity index (χ4v) is 3.70. The molecule has 3 amide bonds. The SMILES string of the molecule is COc1cc(NC(=O)NC(=O)c2c(Cl)cccc2Cl)ccc1-c1cc(Cl)ccc1Cl. The Morgan fingerprint density at radius 2 is 1.53 bits per heavy atom. The molecule has 3 aromatic rings. The molecule has 3 aromatic carbocycles. The van der Waals surface area contributed by atoms with E-state index in [0.717, 1.165) is 0 Å². The predicted molar refractivity (Wildman–Crippen MR) is 121 cm³/mol. The van der Waals surface area contributed by atoms with E-state index in [1.807, 2.05) is 0 Å². The van der Waals surface area contributed by atoms with Crippen LogP contribution in [0.2, 0.25) is 20.1 Å². The molecule has 0 spiro atoms. The summed E-state index contributed by atoms with van der Waals surface area (Å²) in [6.07, 6.45) is 0. The highest BCUT2D eigenvalue weighted by Gasteiger charge is 2.18. The number of rotatable bonds is 4. The Kier molecular flexibility index (Phi) is 7.10. The second kappa shape index (κ2) is 9.58. The summed E-state index contributed by atoms with van der Waals surface area (Å²) in [5.41, 5.74) is 1.78. The largest absolute Gasteiger partial charge is 0.496 e. The van der Waals surface area contributed by atoms with E-state index in [1.54, 1.807) is 42.5 Å². The first-order valence-electron chi connectivity index (χ1n) is 8.50. The van der Waals surface area contributed by atoms with Crippen LogP contribution in [0.25, 0.3) is 11.1 Å². The highest BCUT2D eigenvalue weighted by atomic mass is 35.5. The topological polar surface area (TPSA) is 67.4 Å². The molecule has 0 saturated heterocycles. The molecule has 2 N–H and O–H groups in total. The first-order chi connectivity index (χ1) is 14.3. The minimum atomic E-state index is -0.758. The number of hydrogen-bond donors (Lipinski definition) is 2. The third-order valence-electron chi connectivity index (χ3n) is 4.09. The zero-order valence-corrected chi connectivity index (χ0v) is 18.5. The van der Waals surface area contributed by atoms with Crippen LogP contribution in [0.3, 0.4) is 0 Å². The van der Waals surface area contributed by atoms with Gasteiger partial charge in [-0.15, -0.1) is 0 Å². The zero-order chi connectivity index (χ0) is 21.8. The molecule has 9 heteroatoms. The van der Waals surface area contributed by atoms with Gasteiger partial charge in [0.1, 0.15) is 5.75 Å². The Labute approximate surface area is 192 Å². The minimum absolute atomic E-state index is 0.0134. The fraction of sp³-hybridized carbons (Fsp3) is 0.0476. The Morgan fingerprint density at radius 3 is 2.20 bits per heavy atom. The Morgan fingerprint density at radius 1 is 0.833 bits per heavy atom. The zero-order valence-electron chi connectivity index (χ0n) is 15.4. The monoisotopic (exact) mass is 482 g/mol. The second-order valence-electron chi connectivity index (χ2n) is 6.04. The van der Waals surface area contributed by atoms with Gasteiger partial charge in [-0.1, -0.05) is 52.5 Å². The van der Waals surface area contributed by atoms with Gasteiger partial charge >= 0.3 is 6.03 Å². The molecular weight excluding hydrogens is 470 g/mol. The smallest absolute Gasteiger partial charge is 0.326 e. The van der Waals surface area contributed by atoms with Crippen molar-refractivity contribution in [1.82, 2.24) is 5.32 Å². The van der Waals surface area contributed by atoms with Crippen LogP contribution in [0.15, 0.2) is 54.6 Å². The molecule has 30 heavy (non-hydrogen) atoms. The minimum Gasteiger partial charge on any atom is -0.496 e. The molecule has 0 heterocycles. The van der Waals surface area contributed by atoms with Gasteiger partial charge in [0.05, 0.1) is 22.7 Å². The highest BCUT2D eigenvalue weighted by molar-refractivity contribution is 6.40. The van der Waals surface area contributed by atoms with Crippen molar-refractivity contribution in [3.63, 3.8) is 0 Å². The average Bonchev–Trinajstić information content (AvgIpc) is 2.69. The van der Waals surface area contributed by atoms with Crippen molar-refractivity contribution in [3.05, 3.63) is 80.3 Å². The van der Waals surface area contributed by atoms with Crippen LogP contribution in [0.5, 0.6) is 5.75 Å². The van der Waals surface area contributed by atoms with E-state index in [2.05, 4.69) is 10.6 Å². The molecule has 0 aliphatic heterocycles. The van der Waals surface area contributed by atoms with E-state index in [0.29, 0.717) is 32.6 Å². The van der Waals surface area contributed by atoms with Gasteiger partial charge in [0.15, 0.2) is 0 Å². The number of benzene rings is 3. The van der Waals surface area contributed by atoms with Crippen LogP contribution in [-0.2, 0) is 0 Å². The molecule has 0 aromatic heterocycles. The Bertz CT molecular complexity index is 1110. The summed E-state index contributed by atoms with van der Waals surface area (Å²) < 4.78 is 5.42. The summed E-state index contributed by atoms with van der Waals surface area (Å²) in [7, 11) is 1.49. The third kappa shape index (κ3) is 4.99. The van der Waals surface area contributed by atoms with E-state index in [-0.39, 0.29) is 15.6 Å². The van der Waals surface area contributed by atoms with Crippen LogP contribution in [0, 0.1) is 0 Å². The van der Waals surface area contributed by atoms with Crippen LogP contribution in [0.1, 0.15) is 10.4 Å². The number of ether oxygens (including phenoxy) is 1. The van der Waals surface area contributed by atoms with Crippen molar-refractivity contribution in [1.29, 1.82) is 0 Å². The van der Waals surface area contributed by atoms with Gasteiger partial charge in [-0.3, -0.25) is 10.1 Å². The summed E-state index contributed by atoms with van der Waals surface area (Å²) in [6, 6.07) is 13.9. The molecule has 154 valence electrons. The van der Waals surface area contributed by atoms with Gasteiger partial charge in [0, 0.05) is 32.9 Å². The standard InChI is InChI=1S/C21H14Cl4N2O3/c1-30-18-10-12(6-7-13(18)14-9-11(22)5-8-15(14)23)26-21(29)27-20(28)19-16(24)3-2-4-17(19)25/h2-10H,1H3,(H2,26,27,28,29). The molecule has 3 rings (SSSR count). The van der Waals surface area contributed by atoms with Gasteiger partial charge in [-0.25, -0.2) is 4.79 Å². The first kappa shape index (κ1) is 22.2. The molecule has 0 aliphatic carbocycles. The van der Waals surface area contributed by atoms with Crippen molar-refractivity contribution in [2.24, 2.45) is 0 Å². The maximum Gasteiger partial charge on any atom is 0.326 e. The molecule has 0 unspecified atom stereocenters. The van der Waals surface area contributed by atoms with Crippen LogP contribution < -0.4 is 15.4 Å². The third-order valence-corrected chi connectivity index (χ3v) is 5.29. The van der Waals surface area contributed by atoms with Crippen molar-refractivity contribution in [3.8, 4) is 16.9 Å². The van der Waals surface area contributed by atoms with Crippen molar-refractivity contribution in [2.75, 3.05) is 12.4 Å². The molecule has 0 bridgehead atoms. The van der Waals surface area contributed by atoms with E-state index in [1.165, 1.54) is 19.2 Å². The number of carbonyl (C=O) groups is 2. The van der Waals surface area contributed by atoms with Gasteiger partial charge in [0.25, 0.3) is 5.91 Å². The van der Waals surface area contributed by atoms with Gasteiger partial charge < -0.3 is 10.1 Å². The molecular formula is C21H14Cl4N2O3. The second-order valence-corrected chi connectivity index (χ2v) is 7.70. The number of methoxy groups -OCH3 is 1. The van der Waals surface area contributed by atoms with Gasteiger partial charge in [0.2, 0.25) is 0 Å². The summed E-state index contributed by atoms with van der Waals surface area (Å²) in [4.78, 5) is 24.6. The van der Waals surface area contributed by atoms with E-state index < -0.39 is 11.9 Å². The quantitative estimate of drug-likeness (QED) is 0.422. The maximum atomic E-state index is 12.3. The number of imide groups is 1. The fourth-order valence-electron chi connectivity index (χ4n) is 2.74. The first-order valence-corrected chi connectivity index (χ1v) is 10.0. The number of urea groups is 1. The van der Waals surface area contributed by atoms with Crippen molar-refractivity contribution in [2.45, 2.75) is 0 Å². The van der Waals surface area contributed by atoms with Crippen LogP contribution in [0.4, 0.5) is 10.5 Å². The van der Waals surface area contributed by atoms with E-state index in [4.69, 9.17) is 51.1 Å². The average molecular weight is 484 g/mol. The highest BCUT2D eigenvalue weighted by Crippen LogP contribution is 2.37. The van der Waals surface area contributed by atoms with Gasteiger partial charge in [-0.2, -0.15) is 0 Å². The molecule has 0 aliphatic rings. The van der Waals surface area contributed by atoms with Crippen LogP contribution in [-0.4, -0.2) is 19.0 Å². The number of carbonyl (C=O) groups excluding carboxylic acids is 2. The van der Waals surface area contributed by atoms with E-state index in [9.17, 15) is 9.59 Å². The Hall–Kier alpha value is -2.44. The summed E-state index contributed by atoms with van der Waals surface area (Å²) >= 11 is 24.3. The molecule has 0 fully saturated rings. The summed E-state index contributed by atoms with van der Waals surface area (Å²) in [6.45, 7) is 0. The van der Waals surface area contributed by atoms with Crippen molar-refractivity contribution < 1.29 is 14.3 Å². The molecule has 0 radical (unpaired) electrons. The lowest BCUT2D eigenvalue weighted by molar-refractivity contribution is 0.0967. The summed E-state index contributed by atoms with van der Waals surface area (Å²) in [5.74, 6) is -0.269. The summed E-state index contributed by atoms with van der Waals surface area (Å²) in [5, 5.41) is 6.05. The number of nitrogens with one attached hydrogen (secondary N) is 2. The maximum absolute atomic E-state index is 12.3.